The van der Waals surface area contributed by atoms with Crippen molar-refractivity contribution in [3.63, 3.8) is 0 Å². The predicted molar refractivity (Wildman–Crippen MR) is 122 cm³/mol. The minimum absolute atomic E-state index is 0.0266. The molecule has 2 heterocycles. The lowest BCUT2D eigenvalue weighted by Gasteiger charge is -2.31. The van der Waals surface area contributed by atoms with E-state index in [4.69, 9.17) is 0 Å². The van der Waals surface area contributed by atoms with Crippen molar-refractivity contribution >= 4 is 34.5 Å². The molecule has 1 atom stereocenters. The van der Waals surface area contributed by atoms with E-state index in [1.807, 2.05) is 65.4 Å². The molecule has 1 unspecified atom stereocenters. The zero-order chi connectivity index (χ0) is 20.8. The number of benzene rings is 1. The summed E-state index contributed by atoms with van der Waals surface area (Å²) in [6, 6.07) is 17.3. The van der Waals surface area contributed by atoms with E-state index in [0.717, 1.165) is 41.0 Å². The minimum atomic E-state index is -0.613. The Morgan fingerprint density at radius 2 is 1.70 bits per heavy atom. The Morgan fingerprint density at radius 1 is 0.967 bits per heavy atom. The molecule has 2 amide bonds. The van der Waals surface area contributed by atoms with Crippen molar-refractivity contribution in [1.82, 2.24) is 10.2 Å². The predicted octanol–water partition coefficient (Wildman–Crippen LogP) is 5.18. The molecule has 0 spiro atoms. The number of hydrogen-bond donors (Lipinski definition) is 1. The van der Waals surface area contributed by atoms with Crippen molar-refractivity contribution in [2.45, 2.75) is 50.7 Å². The van der Waals surface area contributed by atoms with Crippen LogP contribution in [0.25, 0.3) is 0 Å². The molecule has 0 bridgehead atoms. The van der Waals surface area contributed by atoms with Gasteiger partial charge < -0.3 is 10.2 Å². The molecule has 0 radical (unpaired) electrons. The van der Waals surface area contributed by atoms with Gasteiger partial charge in [0.1, 0.15) is 6.04 Å². The summed E-state index contributed by atoms with van der Waals surface area (Å²) in [5, 5.41) is 7.17. The molecule has 2 aromatic heterocycles. The van der Waals surface area contributed by atoms with Crippen LogP contribution < -0.4 is 5.32 Å². The van der Waals surface area contributed by atoms with E-state index >= 15 is 0 Å². The summed E-state index contributed by atoms with van der Waals surface area (Å²) in [6.45, 7) is 0.408. The maximum Gasteiger partial charge on any atom is 0.248 e. The van der Waals surface area contributed by atoms with Crippen LogP contribution >= 0.6 is 22.7 Å². The van der Waals surface area contributed by atoms with E-state index in [1.165, 1.54) is 11.3 Å². The van der Waals surface area contributed by atoms with Gasteiger partial charge in [0, 0.05) is 22.3 Å². The third kappa shape index (κ3) is 5.18. The molecule has 1 fully saturated rings. The van der Waals surface area contributed by atoms with Gasteiger partial charge in [0.05, 0.1) is 6.42 Å². The maximum atomic E-state index is 13.5. The number of thiophene rings is 2. The van der Waals surface area contributed by atoms with Gasteiger partial charge in [0.15, 0.2) is 0 Å². The lowest BCUT2D eigenvalue weighted by molar-refractivity contribution is -0.141. The maximum absolute atomic E-state index is 13.5. The number of rotatable bonds is 8. The Balaban J connectivity index is 1.64. The van der Waals surface area contributed by atoms with Crippen LogP contribution in [0.3, 0.4) is 0 Å². The van der Waals surface area contributed by atoms with Gasteiger partial charge in [-0.15, -0.1) is 22.7 Å². The second-order valence-electron chi connectivity index (χ2n) is 7.67. The molecular formula is C24H26N2O2S2. The monoisotopic (exact) mass is 438 g/mol. The number of nitrogens with one attached hydrogen (secondary N) is 1. The Hall–Kier alpha value is -2.44. The van der Waals surface area contributed by atoms with E-state index in [2.05, 4.69) is 5.32 Å². The Labute approximate surface area is 185 Å². The average Bonchev–Trinajstić information content (AvgIpc) is 3.52. The summed E-state index contributed by atoms with van der Waals surface area (Å²) >= 11 is 3.10. The lowest BCUT2D eigenvalue weighted by Crippen LogP contribution is -2.46. The number of hydrogen-bond acceptors (Lipinski definition) is 4. The summed E-state index contributed by atoms with van der Waals surface area (Å²) in [6.07, 6.45) is 4.65. The second-order valence-corrected chi connectivity index (χ2v) is 9.68. The van der Waals surface area contributed by atoms with Crippen LogP contribution in [0.4, 0.5) is 0 Å². The molecule has 1 aliphatic rings. The van der Waals surface area contributed by atoms with Crippen LogP contribution in [0.5, 0.6) is 0 Å². The molecule has 0 aliphatic heterocycles. The van der Waals surface area contributed by atoms with E-state index in [9.17, 15) is 9.59 Å². The molecule has 4 rings (SSSR count). The molecule has 0 saturated heterocycles. The van der Waals surface area contributed by atoms with Crippen molar-refractivity contribution in [1.29, 1.82) is 0 Å². The van der Waals surface area contributed by atoms with Gasteiger partial charge in [-0.1, -0.05) is 55.3 Å². The molecule has 1 N–H and O–H groups in total. The highest BCUT2D eigenvalue weighted by Crippen LogP contribution is 2.29. The smallest absolute Gasteiger partial charge is 0.248 e. The summed E-state index contributed by atoms with van der Waals surface area (Å²) in [4.78, 5) is 30.6. The topological polar surface area (TPSA) is 49.4 Å². The summed E-state index contributed by atoms with van der Waals surface area (Å²) in [5.74, 6) is -0.0962. The Bertz CT molecular complexity index is 933. The number of carbonyl (C=O) groups excluding carboxylic acids is 2. The molecule has 6 heteroatoms. The highest BCUT2D eigenvalue weighted by atomic mass is 32.1. The fraction of sp³-hybridized carbons (Fsp3) is 0.333. The first-order valence-corrected chi connectivity index (χ1v) is 12.2. The summed E-state index contributed by atoms with van der Waals surface area (Å²) in [5.41, 5.74) is 1.02. The second kappa shape index (κ2) is 10.0. The molecule has 4 nitrogen and oxygen atoms in total. The summed E-state index contributed by atoms with van der Waals surface area (Å²) < 4.78 is 0. The zero-order valence-corrected chi connectivity index (χ0v) is 18.5. The minimum Gasteiger partial charge on any atom is -0.351 e. The van der Waals surface area contributed by atoms with Crippen molar-refractivity contribution in [3.05, 3.63) is 80.7 Å². The van der Waals surface area contributed by atoms with Crippen molar-refractivity contribution in [2.75, 3.05) is 0 Å². The SMILES string of the molecule is O=C(NC1CCCC1)C(c1cccs1)N(Cc1ccccc1)C(=O)Cc1cccs1. The first kappa shape index (κ1) is 20.8. The van der Waals surface area contributed by atoms with Crippen molar-refractivity contribution < 1.29 is 9.59 Å². The number of carbonyl (C=O) groups is 2. The van der Waals surface area contributed by atoms with Gasteiger partial charge >= 0.3 is 0 Å². The average molecular weight is 439 g/mol. The molecule has 1 aliphatic carbocycles. The van der Waals surface area contributed by atoms with Gasteiger partial charge in [0.25, 0.3) is 0 Å². The van der Waals surface area contributed by atoms with Crippen molar-refractivity contribution in [2.24, 2.45) is 0 Å². The molecule has 156 valence electrons. The highest BCUT2D eigenvalue weighted by molar-refractivity contribution is 7.10. The van der Waals surface area contributed by atoms with E-state index in [0.29, 0.717) is 13.0 Å². The quantitative estimate of drug-likeness (QED) is 0.527. The van der Waals surface area contributed by atoms with E-state index in [-0.39, 0.29) is 17.9 Å². The molecule has 1 aromatic carbocycles. The first-order chi connectivity index (χ1) is 14.7. The highest BCUT2D eigenvalue weighted by Gasteiger charge is 2.33. The van der Waals surface area contributed by atoms with Crippen LogP contribution in [-0.4, -0.2) is 22.8 Å². The first-order valence-electron chi connectivity index (χ1n) is 10.4. The van der Waals surface area contributed by atoms with Gasteiger partial charge in [0.2, 0.25) is 11.8 Å². The van der Waals surface area contributed by atoms with Crippen LogP contribution in [0.15, 0.2) is 65.4 Å². The Morgan fingerprint density at radius 3 is 2.37 bits per heavy atom. The third-order valence-electron chi connectivity index (χ3n) is 5.50. The van der Waals surface area contributed by atoms with E-state index < -0.39 is 6.04 Å². The van der Waals surface area contributed by atoms with Crippen molar-refractivity contribution in [3.8, 4) is 0 Å². The Kier molecular flexibility index (Phi) is 6.97. The van der Waals surface area contributed by atoms with E-state index in [1.54, 1.807) is 16.2 Å². The standard InChI is InChI=1S/C24H26N2O2S2/c27-22(16-20-12-6-14-29-20)26(17-18-8-2-1-3-9-18)23(21-13-7-15-30-21)24(28)25-19-10-4-5-11-19/h1-3,6-9,12-15,19,23H,4-5,10-11,16-17H2,(H,25,28). The van der Waals surface area contributed by atoms with Crippen LogP contribution in [-0.2, 0) is 22.6 Å². The molecule has 1 saturated carbocycles. The third-order valence-corrected chi connectivity index (χ3v) is 7.30. The van der Waals surface area contributed by atoms with Crippen LogP contribution in [0.1, 0.15) is 47.0 Å². The van der Waals surface area contributed by atoms with Crippen LogP contribution in [0.2, 0.25) is 0 Å². The molecule has 3 aromatic rings. The normalized spacial score (nSPS) is 15.1. The fourth-order valence-corrected chi connectivity index (χ4v) is 5.52. The fourth-order valence-electron chi connectivity index (χ4n) is 3.99. The van der Waals surface area contributed by atoms with Crippen LogP contribution in [0, 0.1) is 0 Å². The van der Waals surface area contributed by atoms with Gasteiger partial charge in [-0.3, -0.25) is 9.59 Å². The number of nitrogens with zero attached hydrogens (tertiary/aromatic N) is 1. The summed E-state index contributed by atoms with van der Waals surface area (Å²) in [7, 11) is 0. The lowest BCUT2D eigenvalue weighted by atomic mass is 10.1. The largest absolute Gasteiger partial charge is 0.351 e. The van der Waals surface area contributed by atoms with Gasteiger partial charge in [-0.25, -0.2) is 0 Å². The van der Waals surface area contributed by atoms with Gasteiger partial charge in [-0.2, -0.15) is 0 Å². The number of amides is 2. The zero-order valence-electron chi connectivity index (χ0n) is 16.8. The van der Waals surface area contributed by atoms with Gasteiger partial charge in [-0.05, 0) is 41.3 Å². The molecule has 30 heavy (non-hydrogen) atoms. The molecular weight excluding hydrogens is 412 g/mol.